The molecule has 2 aliphatic heterocycles. The summed E-state index contributed by atoms with van der Waals surface area (Å²) in [6.07, 6.45) is -9.83. The van der Waals surface area contributed by atoms with Crippen LogP contribution in [0.3, 0.4) is 0 Å². The fraction of sp³-hybridized carbons (Fsp3) is 1.00. The van der Waals surface area contributed by atoms with Gasteiger partial charge in [-0.15, -0.1) is 0 Å². The van der Waals surface area contributed by atoms with Gasteiger partial charge in [0.25, 0.3) is 0 Å². The third kappa shape index (κ3) is 4.53. The molecular weight excluding hydrogens is 352 g/mol. The van der Waals surface area contributed by atoms with E-state index in [9.17, 15) is 20.4 Å². The molecule has 10 atom stereocenters. The van der Waals surface area contributed by atoms with Crippen LogP contribution in [0.15, 0.2) is 0 Å². The molecule has 4 N–H and O–H groups in total. The molecule has 0 spiro atoms. The maximum atomic E-state index is 10.4. The fourth-order valence-corrected chi connectivity index (χ4v) is 3.26. The van der Waals surface area contributed by atoms with E-state index >= 15 is 0 Å². The molecule has 0 radical (unpaired) electrons. The molecule has 2 heterocycles. The summed E-state index contributed by atoms with van der Waals surface area (Å²) in [7, 11) is 4.29. The van der Waals surface area contributed by atoms with E-state index in [2.05, 4.69) is 0 Å². The average Bonchev–Trinajstić information content (AvgIpc) is 2.63. The zero-order valence-corrected chi connectivity index (χ0v) is 15.4. The second kappa shape index (κ2) is 9.69. The van der Waals surface area contributed by atoms with Crippen LogP contribution in [-0.4, -0.2) is 110 Å². The van der Waals surface area contributed by atoms with E-state index in [0.29, 0.717) is 0 Å². The lowest BCUT2D eigenvalue weighted by atomic mass is 9.90. The third-order valence-corrected chi connectivity index (χ3v) is 4.89. The van der Waals surface area contributed by atoms with Crippen molar-refractivity contribution in [1.29, 1.82) is 0 Å². The first-order valence-corrected chi connectivity index (χ1v) is 8.55. The van der Waals surface area contributed by atoms with Gasteiger partial charge in [0.1, 0.15) is 30.5 Å². The van der Waals surface area contributed by atoms with Crippen molar-refractivity contribution in [2.45, 2.75) is 62.2 Å². The molecule has 10 unspecified atom stereocenters. The highest BCUT2D eigenvalue weighted by Crippen LogP contribution is 2.31. The van der Waals surface area contributed by atoms with E-state index < -0.39 is 55.3 Å². The van der Waals surface area contributed by atoms with Crippen LogP contribution in [0.2, 0.25) is 0 Å². The Morgan fingerprint density at radius 1 is 0.731 bits per heavy atom. The smallest absolute Gasteiger partial charge is 0.187 e. The van der Waals surface area contributed by atoms with E-state index in [1.807, 2.05) is 0 Å². The Morgan fingerprint density at radius 2 is 1.27 bits per heavy atom. The second-order valence-corrected chi connectivity index (χ2v) is 6.65. The molecule has 0 bridgehead atoms. The molecule has 0 aromatic heterocycles. The van der Waals surface area contributed by atoms with Gasteiger partial charge in [0, 0.05) is 27.2 Å². The normalized spacial score (nSPS) is 47.1. The zero-order valence-electron chi connectivity index (χ0n) is 15.4. The van der Waals surface area contributed by atoms with E-state index in [4.69, 9.17) is 28.4 Å². The Bertz CT molecular complexity index is 424. The van der Waals surface area contributed by atoms with Gasteiger partial charge < -0.3 is 48.8 Å². The van der Waals surface area contributed by atoms with Crippen molar-refractivity contribution in [2.24, 2.45) is 5.92 Å². The molecule has 154 valence electrons. The topological polar surface area (TPSA) is 136 Å². The predicted octanol–water partition coefficient (Wildman–Crippen LogP) is -2.16. The van der Waals surface area contributed by atoms with Crippen LogP contribution in [-0.2, 0) is 28.4 Å². The summed E-state index contributed by atoms with van der Waals surface area (Å²) in [5, 5.41) is 41.1. The molecule has 0 aliphatic carbocycles. The maximum Gasteiger partial charge on any atom is 0.187 e. The lowest BCUT2D eigenvalue weighted by Crippen LogP contribution is -2.63. The van der Waals surface area contributed by atoms with Gasteiger partial charge in [-0.25, -0.2) is 0 Å². The maximum absolute atomic E-state index is 10.4. The van der Waals surface area contributed by atoms with Gasteiger partial charge in [-0.2, -0.15) is 0 Å². The number of hydrogen-bond acceptors (Lipinski definition) is 10. The Labute approximate surface area is 152 Å². The molecule has 2 saturated heterocycles. The monoisotopic (exact) mass is 382 g/mol. The minimum Gasteiger partial charge on any atom is -0.390 e. The molecule has 0 aromatic rings. The van der Waals surface area contributed by atoms with Crippen molar-refractivity contribution < 1.29 is 48.8 Å². The highest BCUT2D eigenvalue weighted by atomic mass is 16.7. The number of rotatable bonds is 7. The van der Waals surface area contributed by atoms with E-state index in [0.717, 1.165) is 0 Å². The van der Waals surface area contributed by atoms with Crippen LogP contribution in [0.5, 0.6) is 0 Å². The molecule has 10 heteroatoms. The summed E-state index contributed by atoms with van der Waals surface area (Å²) in [6, 6.07) is 0. The van der Waals surface area contributed by atoms with Crippen LogP contribution < -0.4 is 0 Å². The Hall–Kier alpha value is -0.400. The van der Waals surface area contributed by atoms with E-state index in [-0.39, 0.29) is 19.1 Å². The summed E-state index contributed by atoms with van der Waals surface area (Å²) in [6.45, 7) is 1.98. The van der Waals surface area contributed by atoms with Crippen LogP contribution in [0, 0.1) is 5.92 Å². The van der Waals surface area contributed by atoms with Crippen molar-refractivity contribution in [1.82, 2.24) is 0 Å². The van der Waals surface area contributed by atoms with Crippen LogP contribution in [0.25, 0.3) is 0 Å². The number of aliphatic hydroxyl groups is 4. The molecule has 2 fully saturated rings. The van der Waals surface area contributed by atoms with Gasteiger partial charge in [0.15, 0.2) is 12.6 Å². The quantitative estimate of drug-likeness (QED) is 0.385. The first-order chi connectivity index (χ1) is 12.3. The third-order valence-electron chi connectivity index (χ3n) is 4.89. The van der Waals surface area contributed by atoms with Gasteiger partial charge in [-0.1, -0.05) is 6.92 Å². The Morgan fingerprint density at radius 3 is 1.85 bits per heavy atom. The number of aliphatic hydroxyl groups excluding tert-OH is 4. The SMILES string of the molecule is COCC1OC(OC2C(COC)OC(OC)C(O)C2O)C(O)C(O)C1C. The van der Waals surface area contributed by atoms with Crippen molar-refractivity contribution in [2.75, 3.05) is 34.5 Å². The highest BCUT2D eigenvalue weighted by molar-refractivity contribution is 4.93. The van der Waals surface area contributed by atoms with E-state index in [1.165, 1.54) is 21.3 Å². The first-order valence-electron chi connectivity index (χ1n) is 8.55. The van der Waals surface area contributed by atoms with Gasteiger partial charge in [-0.3, -0.25) is 0 Å². The minimum absolute atomic E-state index is 0.0532. The summed E-state index contributed by atoms with van der Waals surface area (Å²) in [5.74, 6) is -0.379. The zero-order chi connectivity index (χ0) is 19.4. The van der Waals surface area contributed by atoms with E-state index in [1.54, 1.807) is 6.92 Å². The standard InChI is InChI=1S/C16H30O10/c1-7-8(5-21-2)24-16(12(19)10(7)17)26-14-9(6-22-3)25-15(23-4)13(20)11(14)18/h7-20H,5-6H2,1-4H3. The van der Waals surface area contributed by atoms with Crippen molar-refractivity contribution in [3.63, 3.8) is 0 Å². The van der Waals surface area contributed by atoms with Gasteiger partial charge in [0.2, 0.25) is 0 Å². The second-order valence-electron chi connectivity index (χ2n) is 6.65. The summed E-state index contributed by atoms with van der Waals surface area (Å²) < 4.78 is 32.2. The number of methoxy groups -OCH3 is 3. The van der Waals surface area contributed by atoms with Crippen LogP contribution in [0.4, 0.5) is 0 Å². The molecule has 10 nitrogen and oxygen atoms in total. The first kappa shape index (κ1) is 21.9. The number of ether oxygens (including phenoxy) is 6. The summed E-state index contributed by atoms with van der Waals surface area (Å²) >= 11 is 0. The fourth-order valence-electron chi connectivity index (χ4n) is 3.26. The minimum atomic E-state index is -1.37. The Balaban J connectivity index is 2.14. The van der Waals surface area contributed by atoms with Crippen molar-refractivity contribution >= 4 is 0 Å². The lowest BCUT2D eigenvalue weighted by molar-refractivity contribution is -0.353. The molecule has 2 aliphatic rings. The number of hydrogen-bond donors (Lipinski definition) is 4. The molecule has 2 rings (SSSR count). The van der Waals surface area contributed by atoms with Crippen LogP contribution in [0.1, 0.15) is 6.92 Å². The largest absolute Gasteiger partial charge is 0.390 e. The molecule has 0 aromatic carbocycles. The van der Waals surface area contributed by atoms with Crippen molar-refractivity contribution in [3.8, 4) is 0 Å². The highest BCUT2D eigenvalue weighted by Gasteiger charge is 2.50. The molecule has 26 heavy (non-hydrogen) atoms. The molecule has 0 amide bonds. The van der Waals surface area contributed by atoms with Gasteiger partial charge >= 0.3 is 0 Å². The van der Waals surface area contributed by atoms with Gasteiger partial charge in [-0.05, 0) is 0 Å². The average molecular weight is 382 g/mol. The Kier molecular flexibility index (Phi) is 8.16. The van der Waals surface area contributed by atoms with Crippen LogP contribution >= 0.6 is 0 Å². The lowest BCUT2D eigenvalue weighted by Gasteiger charge is -2.46. The predicted molar refractivity (Wildman–Crippen MR) is 86.1 cm³/mol. The van der Waals surface area contributed by atoms with Crippen molar-refractivity contribution in [3.05, 3.63) is 0 Å². The summed E-state index contributed by atoms with van der Waals surface area (Å²) in [4.78, 5) is 0. The molecule has 0 saturated carbocycles. The summed E-state index contributed by atoms with van der Waals surface area (Å²) in [5.41, 5.74) is 0. The van der Waals surface area contributed by atoms with Gasteiger partial charge in [0.05, 0.1) is 25.4 Å². The molecular formula is C16H30O10.